The smallest absolute Gasteiger partial charge is 0.0548 e. The first-order chi connectivity index (χ1) is 5.05. The van der Waals surface area contributed by atoms with Crippen LogP contribution in [0.1, 0.15) is 53.9 Å². The summed E-state index contributed by atoms with van der Waals surface area (Å²) in [6, 6.07) is 0. The minimum absolute atomic E-state index is 0.154. The highest BCUT2D eigenvalue weighted by molar-refractivity contribution is 5.84. The molecule has 11 heavy (non-hydrogen) atoms. The lowest BCUT2D eigenvalue weighted by atomic mass is 10.0. The van der Waals surface area contributed by atoms with Gasteiger partial charge in [0.15, 0.2) is 0 Å². The van der Waals surface area contributed by atoms with Gasteiger partial charge in [-0.25, -0.2) is 0 Å². The third kappa shape index (κ3) is 4.18. The van der Waals surface area contributed by atoms with E-state index in [-0.39, 0.29) is 5.54 Å². The molecule has 0 fully saturated rings. The second-order valence-electron chi connectivity index (χ2n) is 3.55. The number of hydrogen-bond acceptors (Lipinski definition) is 1. The fourth-order valence-electron chi connectivity index (χ4n) is 0.915. The second-order valence-corrected chi connectivity index (χ2v) is 3.55. The molecule has 0 aromatic carbocycles. The van der Waals surface area contributed by atoms with Crippen LogP contribution in [0.2, 0.25) is 0 Å². The van der Waals surface area contributed by atoms with Crippen molar-refractivity contribution < 1.29 is 0 Å². The van der Waals surface area contributed by atoms with Gasteiger partial charge >= 0.3 is 0 Å². The Morgan fingerprint density at radius 3 is 1.82 bits per heavy atom. The molecule has 0 saturated heterocycles. The molecule has 0 aromatic heterocycles. The lowest BCUT2D eigenvalue weighted by molar-refractivity contribution is 0.503. The summed E-state index contributed by atoms with van der Waals surface area (Å²) < 4.78 is 0. The van der Waals surface area contributed by atoms with E-state index in [0.29, 0.717) is 0 Å². The molecule has 0 rings (SSSR count). The van der Waals surface area contributed by atoms with Gasteiger partial charge in [0.1, 0.15) is 0 Å². The standard InChI is InChI=1S/C10H21N/c1-6-9(7-2)11-10(4,5)8-3/h6-8H2,1-5H3. The minimum Gasteiger partial charge on any atom is -0.288 e. The number of rotatable bonds is 4. The lowest BCUT2D eigenvalue weighted by Gasteiger charge is -2.18. The van der Waals surface area contributed by atoms with Crippen LogP contribution in [0.4, 0.5) is 0 Å². The van der Waals surface area contributed by atoms with E-state index in [1.54, 1.807) is 0 Å². The monoisotopic (exact) mass is 155 g/mol. The maximum Gasteiger partial charge on any atom is 0.0548 e. The molecule has 1 nitrogen and oxygen atoms in total. The minimum atomic E-state index is 0.154. The van der Waals surface area contributed by atoms with Gasteiger partial charge in [0, 0.05) is 5.71 Å². The first-order valence-electron chi connectivity index (χ1n) is 4.63. The first kappa shape index (κ1) is 10.7. The molecule has 0 spiro atoms. The zero-order chi connectivity index (χ0) is 8.91. The van der Waals surface area contributed by atoms with Crippen molar-refractivity contribution in [3.63, 3.8) is 0 Å². The van der Waals surface area contributed by atoms with E-state index in [4.69, 9.17) is 0 Å². The van der Waals surface area contributed by atoms with Crippen molar-refractivity contribution in [2.24, 2.45) is 4.99 Å². The fourth-order valence-corrected chi connectivity index (χ4v) is 0.915. The molecule has 0 aliphatic heterocycles. The van der Waals surface area contributed by atoms with Gasteiger partial charge in [0.2, 0.25) is 0 Å². The summed E-state index contributed by atoms with van der Waals surface area (Å²) >= 11 is 0. The molecular weight excluding hydrogens is 134 g/mol. The van der Waals surface area contributed by atoms with Gasteiger partial charge in [0.05, 0.1) is 5.54 Å². The number of hydrogen-bond donors (Lipinski definition) is 0. The van der Waals surface area contributed by atoms with Gasteiger partial charge in [-0.05, 0) is 33.1 Å². The van der Waals surface area contributed by atoms with Crippen molar-refractivity contribution in [3.05, 3.63) is 0 Å². The van der Waals surface area contributed by atoms with Crippen LogP contribution in [-0.4, -0.2) is 11.3 Å². The van der Waals surface area contributed by atoms with Gasteiger partial charge in [-0.1, -0.05) is 20.8 Å². The van der Waals surface area contributed by atoms with Crippen molar-refractivity contribution in [2.45, 2.75) is 59.4 Å². The van der Waals surface area contributed by atoms with Gasteiger partial charge < -0.3 is 0 Å². The first-order valence-corrected chi connectivity index (χ1v) is 4.63. The molecule has 0 N–H and O–H groups in total. The van der Waals surface area contributed by atoms with Crippen molar-refractivity contribution >= 4 is 5.71 Å². The predicted molar refractivity (Wildman–Crippen MR) is 52.4 cm³/mol. The average molecular weight is 155 g/mol. The van der Waals surface area contributed by atoms with Crippen LogP contribution in [0.5, 0.6) is 0 Å². The zero-order valence-electron chi connectivity index (χ0n) is 8.57. The predicted octanol–water partition coefficient (Wildman–Crippen LogP) is 3.44. The van der Waals surface area contributed by atoms with Crippen LogP contribution in [0, 0.1) is 0 Å². The molecule has 0 aliphatic carbocycles. The topological polar surface area (TPSA) is 12.4 Å². The van der Waals surface area contributed by atoms with E-state index in [1.807, 2.05) is 0 Å². The average Bonchev–Trinajstić information content (AvgIpc) is 2.00. The molecular formula is C10H21N. The largest absolute Gasteiger partial charge is 0.288 e. The highest BCUT2D eigenvalue weighted by Gasteiger charge is 2.12. The molecule has 66 valence electrons. The molecule has 0 amide bonds. The van der Waals surface area contributed by atoms with E-state index in [0.717, 1.165) is 19.3 Å². The number of nitrogens with zero attached hydrogens (tertiary/aromatic N) is 1. The van der Waals surface area contributed by atoms with Crippen LogP contribution >= 0.6 is 0 Å². The molecule has 0 radical (unpaired) electrons. The summed E-state index contributed by atoms with van der Waals surface area (Å²) in [6.45, 7) is 10.9. The normalized spacial score (nSPS) is 11.4. The Bertz CT molecular complexity index is 128. The van der Waals surface area contributed by atoms with E-state index in [9.17, 15) is 0 Å². The van der Waals surface area contributed by atoms with Crippen molar-refractivity contribution in [1.82, 2.24) is 0 Å². The van der Waals surface area contributed by atoms with Crippen LogP contribution in [-0.2, 0) is 0 Å². The zero-order valence-corrected chi connectivity index (χ0v) is 8.57. The Labute approximate surface area is 70.9 Å². The molecule has 0 heterocycles. The molecule has 0 aromatic rings. The summed E-state index contributed by atoms with van der Waals surface area (Å²) in [4.78, 5) is 4.68. The summed E-state index contributed by atoms with van der Waals surface area (Å²) in [5, 5.41) is 0. The van der Waals surface area contributed by atoms with E-state index in [2.05, 4.69) is 39.6 Å². The SMILES string of the molecule is CCC(CC)=NC(C)(C)CC. The second kappa shape index (κ2) is 4.53. The summed E-state index contributed by atoms with van der Waals surface area (Å²) in [7, 11) is 0. The Morgan fingerprint density at radius 1 is 1.09 bits per heavy atom. The fraction of sp³-hybridized carbons (Fsp3) is 0.900. The Balaban J connectivity index is 4.24. The Hall–Kier alpha value is -0.330. The molecule has 0 bridgehead atoms. The Kier molecular flexibility index (Phi) is 4.39. The van der Waals surface area contributed by atoms with Crippen LogP contribution in [0.25, 0.3) is 0 Å². The van der Waals surface area contributed by atoms with Crippen molar-refractivity contribution in [2.75, 3.05) is 0 Å². The highest BCUT2D eigenvalue weighted by atomic mass is 14.8. The van der Waals surface area contributed by atoms with Crippen LogP contribution in [0.3, 0.4) is 0 Å². The molecule has 1 heteroatoms. The van der Waals surface area contributed by atoms with Crippen LogP contribution < -0.4 is 0 Å². The summed E-state index contributed by atoms with van der Waals surface area (Å²) in [5.41, 5.74) is 1.50. The summed E-state index contributed by atoms with van der Waals surface area (Å²) in [5.74, 6) is 0. The van der Waals surface area contributed by atoms with Gasteiger partial charge in [0.25, 0.3) is 0 Å². The highest BCUT2D eigenvalue weighted by Crippen LogP contribution is 2.14. The number of aliphatic imine (C=N–C) groups is 1. The van der Waals surface area contributed by atoms with E-state index < -0.39 is 0 Å². The maximum atomic E-state index is 4.68. The molecule has 0 unspecified atom stereocenters. The molecule has 0 atom stereocenters. The third-order valence-electron chi connectivity index (χ3n) is 2.14. The van der Waals surface area contributed by atoms with Crippen LogP contribution in [0.15, 0.2) is 4.99 Å². The third-order valence-corrected chi connectivity index (χ3v) is 2.14. The summed E-state index contributed by atoms with van der Waals surface area (Å²) in [6.07, 6.45) is 3.32. The van der Waals surface area contributed by atoms with Gasteiger partial charge in [-0.15, -0.1) is 0 Å². The maximum absolute atomic E-state index is 4.68. The van der Waals surface area contributed by atoms with Gasteiger partial charge in [-0.3, -0.25) is 4.99 Å². The van der Waals surface area contributed by atoms with E-state index in [1.165, 1.54) is 5.71 Å². The molecule has 0 aliphatic rings. The van der Waals surface area contributed by atoms with E-state index >= 15 is 0 Å². The van der Waals surface area contributed by atoms with Crippen molar-refractivity contribution in [3.8, 4) is 0 Å². The van der Waals surface area contributed by atoms with Gasteiger partial charge in [-0.2, -0.15) is 0 Å². The van der Waals surface area contributed by atoms with Crippen molar-refractivity contribution in [1.29, 1.82) is 0 Å². The quantitative estimate of drug-likeness (QED) is 0.551. The Morgan fingerprint density at radius 2 is 1.55 bits per heavy atom. The lowest BCUT2D eigenvalue weighted by Crippen LogP contribution is -2.17. The molecule has 0 saturated carbocycles.